The number of pyridine rings is 1. The first-order chi connectivity index (χ1) is 33.2. The molecule has 362 valence electrons. The lowest BCUT2D eigenvalue weighted by Gasteiger charge is -2.39. The van der Waals surface area contributed by atoms with Gasteiger partial charge in [-0.15, -0.1) is 0 Å². The number of benzene rings is 3. The molecule has 0 bridgehead atoms. The van der Waals surface area contributed by atoms with Gasteiger partial charge < -0.3 is 19.7 Å². The van der Waals surface area contributed by atoms with Gasteiger partial charge in [0.05, 0.1) is 32.7 Å². The van der Waals surface area contributed by atoms with Crippen LogP contribution in [0.15, 0.2) is 95.7 Å². The third-order valence-corrected chi connectivity index (χ3v) is 16.0. The molecule has 3 aromatic heterocycles. The molecule has 2 aliphatic heterocycles. The predicted octanol–water partition coefficient (Wildman–Crippen LogP) is 8.83. The summed E-state index contributed by atoms with van der Waals surface area (Å²) in [5.41, 5.74) is 7.01. The van der Waals surface area contributed by atoms with E-state index in [0.29, 0.717) is 47.3 Å². The second kappa shape index (κ2) is 19.5. The molecule has 6 aromatic rings. The molecule has 4 aliphatic rings. The van der Waals surface area contributed by atoms with Gasteiger partial charge in [0.25, 0.3) is 15.9 Å². The SMILES string of the molecule is CC1(C)CCC(CN2CCN(c3ccc(C(=O)NS(=O)(=O)c4ccc(OC5CCC(NC6CCOCC6)CC5)c([N+](=O)[O-])c4)c(-n4[nH]cc5nc6nccc6cc54)c3)CC2)=C(c2ccc(Cl)cc2)C1. The van der Waals surface area contributed by atoms with Gasteiger partial charge in [0.1, 0.15) is 5.52 Å². The first-order valence-corrected chi connectivity index (χ1v) is 25.9. The van der Waals surface area contributed by atoms with Crippen LogP contribution >= 0.6 is 11.6 Å². The van der Waals surface area contributed by atoms with Crippen LogP contribution in [0, 0.1) is 15.5 Å². The fourth-order valence-corrected chi connectivity index (χ4v) is 11.6. The highest BCUT2D eigenvalue weighted by atomic mass is 35.5. The van der Waals surface area contributed by atoms with Crippen molar-refractivity contribution in [1.82, 2.24) is 34.7 Å². The molecule has 3 fully saturated rings. The lowest BCUT2D eigenvalue weighted by atomic mass is 9.72. The van der Waals surface area contributed by atoms with E-state index in [1.165, 1.54) is 28.8 Å². The number of ether oxygens (including phenoxy) is 2. The molecule has 3 N–H and O–H groups in total. The van der Waals surface area contributed by atoms with Crippen LogP contribution in [0.3, 0.4) is 0 Å². The molecule has 1 saturated carbocycles. The molecule has 0 atom stereocenters. The van der Waals surface area contributed by atoms with Crippen molar-refractivity contribution in [3.05, 3.63) is 117 Å². The summed E-state index contributed by atoms with van der Waals surface area (Å²) >= 11 is 6.27. The zero-order chi connectivity index (χ0) is 47.9. The number of nitrogens with zero attached hydrogens (tertiary/aromatic N) is 6. The summed E-state index contributed by atoms with van der Waals surface area (Å²) in [7, 11) is -4.61. The number of piperazine rings is 1. The summed E-state index contributed by atoms with van der Waals surface area (Å²) in [6, 6.07) is 21.6. The molecule has 16 nitrogen and oxygen atoms in total. The Morgan fingerprint density at radius 1 is 0.957 bits per heavy atom. The van der Waals surface area contributed by atoms with Gasteiger partial charge in [0.15, 0.2) is 11.4 Å². The molecule has 10 rings (SSSR count). The van der Waals surface area contributed by atoms with Gasteiger partial charge in [-0.3, -0.25) is 29.6 Å². The van der Waals surface area contributed by atoms with Crippen LogP contribution in [0.25, 0.3) is 33.3 Å². The number of allylic oxidation sites excluding steroid dienone is 1. The Balaban J connectivity index is 0.873. The molecule has 5 heterocycles. The lowest BCUT2D eigenvalue weighted by Crippen LogP contribution is -2.47. The molecule has 69 heavy (non-hydrogen) atoms. The Hall–Kier alpha value is -5.85. The molecule has 2 saturated heterocycles. The maximum Gasteiger partial charge on any atom is 0.312 e. The summed E-state index contributed by atoms with van der Waals surface area (Å²) in [5, 5.41) is 20.9. The lowest BCUT2D eigenvalue weighted by molar-refractivity contribution is -0.386. The number of carbonyl (C=O) groups excluding carboxylic acids is 1. The van der Waals surface area contributed by atoms with Gasteiger partial charge in [-0.1, -0.05) is 43.2 Å². The van der Waals surface area contributed by atoms with Crippen LogP contribution in [-0.2, 0) is 14.8 Å². The highest BCUT2D eigenvalue weighted by Crippen LogP contribution is 2.43. The summed E-state index contributed by atoms with van der Waals surface area (Å²) in [4.78, 5) is 39.4. The zero-order valence-electron chi connectivity index (χ0n) is 39.0. The minimum absolute atomic E-state index is 0.0135. The van der Waals surface area contributed by atoms with E-state index in [1.54, 1.807) is 23.1 Å². The van der Waals surface area contributed by atoms with Crippen molar-refractivity contribution in [1.29, 1.82) is 0 Å². The molecular weight excluding hydrogens is 918 g/mol. The Bertz CT molecular complexity index is 3020. The summed E-state index contributed by atoms with van der Waals surface area (Å²) < 4.78 is 43.5. The average Bonchev–Trinajstić information content (AvgIpc) is 3.99. The predicted molar refractivity (Wildman–Crippen MR) is 267 cm³/mol. The quantitative estimate of drug-likeness (QED) is 0.0738. The van der Waals surface area contributed by atoms with E-state index in [2.05, 4.69) is 55.9 Å². The first-order valence-electron chi connectivity index (χ1n) is 24.0. The second-order valence-corrected chi connectivity index (χ2v) is 21.8. The van der Waals surface area contributed by atoms with Gasteiger partial charge in [0.2, 0.25) is 0 Å². The second-order valence-electron chi connectivity index (χ2n) is 19.7. The number of nitrogens with one attached hydrogen (secondary N) is 3. The van der Waals surface area contributed by atoms with Crippen molar-refractivity contribution in [2.75, 3.05) is 50.8 Å². The number of nitro benzene ring substituents is 1. The number of halogens is 1. The number of sulfonamides is 1. The van der Waals surface area contributed by atoms with Crippen LogP contribution in [0.1, 0.15) is 87.6 Å². The van der Waals surface area contributed by atoms with E-state index < -0.39 is 31.4 Å². The van der Waals surface area contributed by atoms with Crippen LogP contribution in [0.4, 0.5) is 11.4 Å². The number of aromatic amines is 1. The summed E-state index contributed by atoms with van der Waals surface area (Å²) in [6.07, 6.45) is 11.4. The van der Waals surface area contributed by atoms with E-state index in [-0.39, 0.29) is 22.8 Å². The Morgan fingerprint density at radius 2 is 1.71 bits per heavy atom. The normalized spacial score (nSPS) is 20.7. The molecule has 1 amide bonds. The van der Waals surface area contributed by atoms with Crippen molar-refractivity contribution in [2.24, 2.45) is 5.41 Å². The van der Waals surface area contributed by atoms with Gasteiger partial charge in [-0.2, -0.15) is 0 Å². The van der Waals surface area contributed by atoms with E-state index in [4.69, 9.17) is 26.1 Å². The van der Waals surface area contributed by atoms with Crippen molar-refractivity contribution in [3.63, 3.8) is 0 Å². The number of H-pyrrole nitrogens is 1. The number of rotatable bonds is 13. The molecule has 0 radical (unpaired) electrons. The van der Waals surface area contributed by atoms with Crippen LogP contribution in [-0.4, -0.2) is 108 Å². The van der Waals surface area contributed by atoms with Gasteiger partial charge in [-0.25, -0.2) is 23.1 Å². The highest BCUT2D eigenvalue weighted by Gasteiger charge is 2.32. The maximum absolute atomic E-state index is 14.3. The molecule has 3 aromatic carbocycles. The van der Waals surface area contributed by atoms with Crippen LogP contribution < -0.4 is 19.7 Å². The van der Waals surface area contributed by atoms with Crippen LogP contribution in [0.5, 0.6) is 5.75 Å². The smallest absolute Gasteiger partial charge is 0.312 e. The maximum atomic E-state index is 14.3. The molecule has 2 aliphatic carbocycles. The third kappa shape index (κ3) is 10.4. The fraction of sp³-hybridized carbons (Fsp3) is 0.431. The van der Waals surface area contributed by atoms with Crippen molar-refractivity contribution in [2.45, 2.75) is 94.7 Å². The van der Waals surface area contributed by atoms with Crippen molar-refractivity contribution >= 4 is 66.5 Å². The Labute approximate surface area is 406 Å². The number of aromatic nitrogens is 4. The topological polar surface area (TPSA) is 190 Å². The van der Waals surface area contributed by atoms with Gasteiger partial charge in [-0.05, 0) is 129 Å². The average molecular weight is 977 g/mol. The molecular formula is C51H58ClN9O7S. The highest BCUT2D eigenvalue weighted by molar-refractivity contribution is 7.90. The Kier molecular flexibility index (Phi) is 13.2. The monoisotopic (exact) mass is 975 g/mol. The number of anilines is 1. The van der Waals surface area contributed by atoms with Gasteiger partial charge in [0, 0.05) is 92.6 Å². The van der Waals surface area contributed by atoms with Crippen LogP contribution in [0.2, 0.25) is 5.02 Å². The van der Waals surface area contributed by atoms with E-state index in [9.17, 15) is 23.3 Å². The van der Waals surface area contributed by atoms with E-state index in [0.717, 1.165) is 113 Å². The fourth-order valence-electron chi connectivity index (χ4n) is 10.5. The van der Waals surface area contributed by atoms with Crippen molar-refractivity contribution < 1.29 is 27.6 Å². The van der Waals surface area contributed by atoms with Gasteiger partial charge >= 0.3 is 5.69 Å². The number of hydrogen-bond acceptors (Lipinski definition) is 12. The summed E-state index contributed by atoms with van der Waals surface area (Å²) in [5.74, 6) is -0.921. The molecule has 0 spiro atoms. The Morgan fingerprint density at radius 3 is 2.46 bits per heavy atom. The zero-order valence-corrected chi connectivity index (χ0v) is 40.5. The number of hydrogen-bond donors (Lipinski definition) is 3. The molecule has 0 unspecified atom stereocenters. The third-order valence-electron chi connectivity index (χ3n) is 14.4. The number of nitro groups is 1. The largest absolute Gasteiger partial charge is 0.484 e. The number of amides is 1. The molecule has 18 heteroatoms. The minimum atomic E-state index is -4.61. The minimum Gasteiger partial charge on any atom is -0.484 e. The first kappa shape index (κ1) is 46.9. The summed E-state index contributed by atoms with van der Waals surface area (Å²) in [6.45, 7) is 10.2. The standard InChI is InChI=1S/C51H58ClN9O7S/c1-51(2)19-15-35(43(30-51)33-3-5-36(52)6-4-33)32-58-21-23-59(24-22-58)39-9-13-42(45(28-39)60-46-27-34-16-20-53-49(34)56-44(46)31-54-60)50(62)57-69(65,66)41-12-14-48(47(29-41)61(63)64)68-40-10-7-37(8-11-40)55-38-17-25-67-26-18-38/h3-6,9,12-14,16,20,27-29,31,37-38,40,54-55H,7-8,10-11,15,17-19,21-26,30,32H2,1-2H3,(H,57,62). The van der Waals surface area contributed by atoms with Crippen molar-refractivity contribution in [3.8, 4) is 11.4 Å². The number of fused-ring (bicyclic) bond motifs is 2. The van der Waals surface area contributed by atoms with E-state index in [1.807, 2.05) is 36.4 Å². The number of carbonyl (C=O) groups is 1. The van der Waals surface area contributed by atoms with E-state index >= 15 is 0 Å².